The highest BCUT2D eigenvalue weighted by Crippen LogP contribution is 2.21. The molecule has 0 N–H and O–H groups in total. The smallest absolute Gasteiger partial charge is 0.231 e. The molecule has 0 spiro atoms. The Morgan fingerprint density at radius 3 is 3.00 bits per heavy atom. The van der Waals surface area contributed by atoms with E-state index in [1.165, 1.54) is 6.33 Å². The van der Waals surface area contributed by atoms with E-state index in [0.29, 0.717) is 5.88 Å². The average molecular weight is 245 g/mol. The molecule has 0 aliphatic rings. The van der Waals surface area contributed by atoms with E-state index in [4.69, 9.17) is 4.74 Å². The second-order valence-corrected chi connectivity index (χ2v) is 3.75. The zero-order valence-electron chi connectivity index (χ0n) is 7.83. The highest BCUT2D eigenvalue weighted by atomic mass is 79.9. The minimum absolute atomic E-state index is 0.205. The molecule has 0 saturated carbocycles. The second kappa shape index (κ2) is 5.17. The number of ether oxygens (including phenoxy) is 1. The minimum atomic E-state index is 0.205. The molecular formula is C9H13BrN2O. The van der Waals surface area contributed by atoms with E-state index >= 15 is 0 Å². The zero-order chi connectivity index (χ0) is 9.68. The van der Waals surface area contributed by atoms with Crippen LogP contribution < -0.4 is 4.74 Å². The number of hydrogen-bond donors (Lipinski definition) is 0. The predicted molar refractivity (Wildman–Crippen MR) is 54.7 cm³/mol. The van der Waals surface area contributed by atoms with Gasteiger partial charge in [0.25, 0.3) is 0 Å². The monoisotopic (exact) mass is 244 g/mol. The molecule has 3 nitrogen and oxygen atoms in total. The van der Waals surface area contributed by atoms with E-state index in [1.807, 2.05) is 6.92 Å². The Morgan fingerprint density at radius 1 is 1.62 bits per heavy atom. The van der Waals surface area contributed by atoms with Crippen LogP contribution in [-0.2, 0) is 0 Å². The molecule has 0 bridgehead atoms. The predicted octanol–water partition coefficient (Wildman–Crippen LogP) is 2.81. The van der Waals surface area contributed by atoms with Crippen molar-refractivity contribution in [3.8, 4) is 5.88 Å². The van der Waals surface area contributed by atoms with Crippen molar-refractivity contribution in [2.24, 2.45) is 0 Å². The molecule has 0 amide bonds. The maximum absolute atomic E-state index is 5.59. The maximum Gasteiger partial charge on any atom is 0.231 e. The van der Waals surface area contributed by atoms with Gasteiger partial charge >= 0.3 is 0 Å². The Morgan fingerprint density at radius 2 is 2.38 bits per heavy atom. The van der Waals surface area contributed by atoms with Crippen LogP contribution in [-0.4, -0.2) is 16.1 Å². The Kier molecular flexibility index (Phi) is 4.15. The molecule has 1 heterocycles. The third-order valence-electron chi connectivity index (χ3n) is 1.64. The summed E-state index contributed by atoms with van der Waals surface area (Å²) in [5.41, 5.74) is 0. The molecule has 0 aliphatic heterocycles. The lowest BCUT2D eigenvalue weighted by molar-refractivity contribution is 0.199. The standard InChI is InChI=1S/C9H13BrN2O/c1-3-4-7(2)13-9-8(10)5-11-6-12-9/h5-7H,3-4H2,1-2H3. The first kappa shape index (κ1) is 10.4. The molecule has 4 heteroatoms. The van der Waals surface area contributed by atoms with Crippen molar-refractivity contribution in [3.63, 3.8) is 0 Å². The number of halogens is 1. The summed E-state index contributed by atoms with van der Waals surface area (Å²) in [5, 5.41) is 0. The fraction of sp³-hybridized carbons (Fsp3) is 0.556. The van der Waals surface area contributed by atoms with Gasteiger partial charge in [0.1, 0.15) is 6.33 Å². The molecule has 1 aromatic heterocycles. The Labute approximate surface area is 86.7 Å². The van der Waals surface area contributed by atoms with Gasteiger partial charge in [-0.2, -0.15) is 0 Å². The first-order chi connectivity index (χ1) is 6.24. The van der Waals surface area contributed by atoms with E-state index in [2.05, 4.69) is 32.8 Å². The number of hydrogen-bond acceptors (Lipinski definition) is 3. The van der Waals surface area contributed by atoms with Crippen molar-refractivity contribution in [1.29, 1.82) is 0 Å². The molecule has 72 valence electrons. The zero-order valence-corrected chi connectivity index (χ0v) is 9.41. The minimum Gasteiger partial charge on any atom is -0.474 e. The third-order valence-corrected chi connectivity index (χ3v) is 2.19. The topological polar surface area (TPSA) is 35.0 Å². The van der Waals surface area contributed by atoms with Crippen LogP contribution in [0.5, 0.6) is 5.88 Å². The van der Waals surface area contributed by atoms with Crippen LogP contribution in [0.3, 0.4) is 0 Å². The molecule has 0 aliphatic carbocycles. The SMILES string of the molecule is CCCC(C)Oc1ncncc1Br. The molecule has 1 rings (SSSR count). The number of nitrogens with zero attached hydrogens (tertiary/aromatic N) is 2. The Balaban J connectivity index is 2.58. The van der Waals surface area contributed by atoms with E-state index in [0.717, 1.165) is 17.3 Å². The van der Waals surface area contributed by atoms with Crippen molar-refractivity contribution < 1.29 is 4.74 Å². The first-order valence-electron chi connectivity index (χ1n) is 4.36. The van der Waals surface area contributed by atoms with Gasteiger partial charge in [0, 0.05) is 6.20 Å². The van der Waals surface area contributed by atoms with Gasteiger partial charge in [-0.05, 0) is 29.3 Å². The summed E-state index contributed by atoms with van der Waals surface area (Å²) in [6.45, 7) is 4.17. The molecule has 0 saturated heterocycles. The Hall–Kier alpha value is -0.640. The van der Waals surface area contributed by atoms with Crippen LogP contribution >= 0.6 is 15.9 Å². The van der Waals surface area contributed by atoms with Crippen molar-refractivity contribution in [2.45, 2.75) is 32.8 Å². The molecule has 1 aromatic rings. The lowest BCUT2D eigenvalue weighted by atomic mass is 10.2. The summed E-state index contributed by atoms with van der Waals surface area (Å²) in [4.78, 5) is 7.88. The normalized spacial score (nSPS) is 12.5. The van der Waals surface area contributed by atoms with E-state index in [9.17, 15) is 0 Å². The van der Waals surface area contributed by atoms with Gasteiger partial charge in [0.15, 0.2) is 0 Å². The molecule has 0 radical (unpaired) electrons. The third kappa shape index (κ3) is 3.30. The quantitative estimate of drug-likeness (QED) is 0.818. The van der Waals surface area contributed by atoms with E-state index < -0.39 is 0 Å². The summed E-state index contributed by atoms with van der Waals surface area (Å²) in [5.74, 6) is 0.621. The van der Waals surface area contributed by atoms with Crippen molar-refractivity contribution in [1.82, 2.24) is 9.97 Å². The highest BCUT2D eigenvalue weighted by molar-refractivity contribution is 9.10. The molecule has 0 fully saturated rings. The number of aromatic nitrogens is 2. The fourth-order valence-electron chi connectivity index (χ4n) is 1.04. The summed E-state index contributed by atoms with van der Waals surface area (Å²) in [7, 11) is 0. The van der Waals surface area contributed by atoms with Crippen LogP contribution in [0.25, 0.3) is 0 Å². The molecule has 1 atom stereocenters. The first-order valence-corrected chi connectivity index (χ1v) is 5.15. The highest BCUT2D eigenvalue weighted by Gasteiger charge is 2.06. The van der Waals surface area contributed by atoms with Gasteiger partial charge in [-0.15, -0.1) is 0 Å². The molecule has 13 heavy (non-hydrogen) atoms. The lowest BCUT2D eigenvalue weighted by Gasteiger charge is -2.12. The van der Waals surface area contributed by atoms with Crippen LogP contribution in [0.2, 0.25) is 0 Å². The lowest BCUT2D eigenvalue weighted by Crippen LogP contribution is -2.12. The van der Waals surface area contributed by atoms with Crippen LogP contribution in [0.4, 0.5) is 0 Å². The largest absolute Gasteiger partial charge is 0.474 e. The van der Waals surface area contributed by atoms with E-state index in [1.54, 1.807) is 6.20 Å². The van der Waals surface area contributed by atoms with Crippen LogP contribution in [0.15, 0.2) is 17.0 Å². The van der Waals surface area contributed by atoms with Crippen LogP contribution in [0, 0.1) is 0 Å². The maximum atomic E-state index is 5.59. The van der Waals surface area contributed by atoms with Gasteiger partial charge < -0.3 is 4.74 Å². The summed E-state index contributed by atoms with van der Waals surface area (Å²) < 4.78 is 6.39. The van der Waals surface area contributed by atoms with Crippen molar-refractivity contribution in [3.05, 3.63) is 17.0 Å². The van der Waals surface area contributed by atoms with Gasteiger partial charge in [-0.1, -0.05) is 13.3 Å². The van der Waals surface area contributed by atoms with Gasteiger partial charge in [0.2, 0.25) is 5.88 Å². The van der Waals surface area contributed by atoms with Crippen LogP contribution in [0.1, 0.15) is 26.7 Å². The molecule has 0 aromatic carbocycles. The molecule has 1 unspecified atom stereocenters. The Bertz CT molecular complexity index is 268. The van der Waals surface area contributed by atoms with E-state index in [-0.39, 0.29) is 6.10 Å². The van der Waals surface area contributed by atoms with Gasteiger partial charge in [-0.25, -0.2) is 9.97 Å². The van der Waals surface area contributed by atoms with Crippen molar-refractivity contribution in [2.75, 3.05) is 0 Å². The van der Waals surface area contributed by atoms with Gasteiger partial charge in [-0.3, -0.25) is 0 Å². The van der Waals surface area contributed by atoms with Gasteiger partial charge in [0.05, 0.1) is 10.6 Å². The second-order valence-electron chi connectivity index (χ2n) is 2.89. The summed E-state index contributed by atoms with van der Waals surface area (Å²) in [6.07, 6.45) is 5.52. The molecular weight excluding hydrogens is 232 g/mol. The summed E-state index contributed by atoms with van der Waals surface area (Å²) >= 11 is 3.33. The summed E-state index contributed by atoms with van der Waals surface area (Å²) in [6, 6.07) is 0. The average Bonchev–Trinajstić information content (AvgIpc) is 2.09. The number of rotatable bonds is 4. The van der Waals surface area contributed by atoms with Crippen molar-refractivity contribution >= 4 is 15.9 Å². The fourth-order valence-corrected chi connectivity index (χ4v) is 1.36.